The quantitative estimate of drug-likeness (QED) is 0.506. The van der Waals surface area contributed by atoms with E-state index in [1.807, 2.05) is 6.07 Å². The van der Waals surface area contributed by atoms with E-state index in [-0.39, 0.29) is 23.7 Å². The first kappa shape index (κ1) is 26.8. The van der Waals surface area contributed by atoms with E-state index in [1.165, 1.54) is 11.9 Å². The van der Waals surface area contributed by atoms with Gasteiger partial charge in [-0.3, -0.25) is 14.7 Å². The first-order valence-electron chi connectivity index (χ1n) is 12.7. The van der Waals surface area contributed by atoms with Crippen molar-refractivity contribution in [1.29, 1.82) is 0 Å². The van der Waals surface area contributed by atoms with Crippen molar-refractivity contribution in [2.75, 3.05) is 37.5 Å². The van der Waals surface area contributed by atoms with E-state index in [2.05, 4.69) is 20.3 Å². The molecule has 11 nitrogen and oxygen atoms in total. The van der Waals surface area contributed by atoms with Gasteiger partial charge in [0.25, 0.3) is 11.1 Å². The number of amides is 2. The van der Waals surface area contributed by atoms with Crippen LogP contribution in [0.25, 0.3) is 11.0 Å². The SMILES string of the molecule is CO[C@H]1C[C@H](n2[nH]c3ncc(N4CCC(N(C)C(=O)Nc5cc(C(F)(F)F)cn(C)c5=O)CC4)cc3c2=O)C1. The summed E-state index contributed by atoms with van der Waals surface area (Å²) in [5.41, 5.74) is -0.989. The fraction of sp³-hybridized carbons (Fsp3) is 0.520. The number of aromatic amines is 1. The molecule has 1 saturated carbocycles. The number of piperidine rings is 1. The zero-order chi connectivity index (χ0) is 28.1. The number of halogens is 3. The predicted molar refractivity (Wildman–Crippen MR) is 138 cm³/mol. The number of anilines is 2. The van der Waals surface area contributed by atoms with Crippen molar-refractivity contribution in [3.05, 3.63) is 50.8 Å². The van der Waals surface area contributed by atoms with Crippen molar-refractivity contribution < 1.29 is 22.7 Å². The largest absolute Gasteiger partial charge is 0.417 e. The van der Waals surface area contributed by atoms with E-state index < -0.39 is 29.0 Å². The summed E-state index contributed by atoms with van der Waals surface area (Å²) >= 11 is 0. The van der Waals surface area contributed by atoms with Gasteiger partial charge in [0.1, 0.15) is 5.69 Å². The maximum absolute atomic E-state index is 13.2. The minimum Gasteiger partial charge on any atom is -0.381 e. The van der Waals surface area contributed by atoms with Crippen LogP contribution in [0.4, 0.5) is 29.3 Å². The first-order valence-corrected chi connectivity index (χ1v) is 12.7. The molecule has 2 amide bonds. The summed E-state index contributed by atoms with van der Waals surface area (Å²) in [4.78, 5) is 46.0. The summed E-state index contributed by atoms with van der Waals surface area (Å²) in [5, 5.41) is 5.94. The van der Waals surface area contributed by atoms with E-state index in [4.69, 9.17) is 4.74 Å². The van der Waals surface area contributed by atoms with Gasteiger partial charge in [0.2, 0.25) is 0 Å². The second kappa shape index (κ2) is 10.1. The van der Waals surface area contributed by atoms with Gasteiger partial charge in [0.15, 0.2) is 5.65 Å². The predicted octanol–water partition coefficient (Wildman–Crippen LogP) is 2.92. The van der Waals surface area contributed by atoms with Gasteiger partial charge in [0, 0.05) is 46.5 Å². The van der Waals surface area contributed by atoms with E-state index in [9.17, 15) is 27.6 Å². The van der Waals surface area contributed by atoms with Crippen molar-refractivity contribution in [2.45, 2.75) is 50.0 Å². The van der Waals surface area contributed by atoms with Crippen molar-refractivity contribution in [2.24, 2.45) is 7.05 Å². The van der Waals surface area contributed by atoms with Gasteiger partial charge < -0.3 is 24.4 Å². The van der Waals surface area contributed by atoms with Gasteiger partial charge in [-0.1, -0.05) is 0 Å². The summed E-state index contributed by atoms with van der Waals surface area (Å²) < 4.78 is 47.2. The van der Waals surface area contributed by atoms with Crippen LogP contribution >= 0.6 is 0 Å². The summed E-state index contributed by atoms with van der Waals surface area (Å²) in [7, 11) is 4.42. The lowest BCUT2D eigenvalue weighted by molar-refractivity contribution is -0.138. The first-order chi connectivity index (χ1) is 18.5. The Balaban J connectivity index is 1.23. The monoisotopic (exact) mass is 549 g/mol. The minimum atomic E-state index is -4.65. The highest BCUT2D eigenvalue weighted by Gasteiger charge is 2.34. The molecule has 0 atom stereocenters. The number of carbonyl (C=O) groups excluding carboxylic acids is 1. The standard InChI is InChI=1S/C25H30F3N7O4/c1-32-13-14(25(26,27)28)8-20(23(32)37)30-24(38)33(2)15-4-6-34(7-5-15)17-11-19-21(29-12-17)31-35(22(19)36)16-9-18(10-16)39-3/h8,11-13,15-16,18H,4-7,9-10H2,1-3H3,(H,29,31)(H,30,38)/t16-,18-. The Kier molecular flexibility index (Phi) is 6.91. The summed E-state index contributed by atoms with van der Waals surface area (Å²) in [6, 6.07) is 1.69. The van der Waals surface area contributed by atoms with Crippen molar-refractivity contribution in [3.8, 4) is 0 Å². The molecule has 210 valence electrons. The van der Waals surface area contributed by atoms with Crippen LogP contribution in [0.15, 0.2) is 34.1 Å². The van der Waals surface area contributed by atoms with Gasteiger partial charge in [-0.15, -0.1) is 0 Å². The number of hydrogen-bond donors (Lipinski definition) is 2. The number of pyridine rings is 2. The molecular formula is C25H30F3N7O4. The molecule has 0 spiro atoms. The average molecular weight is 550 g/mol. The minimum absolute atomic E-state index is 0.0636. The highest BCUT2D eigenvalue weighted by Crippen LogP contribution is 2.33. The highest BCUT2D eigenvalue weighted by molar-refractivity contribution is 5.89. The van der Waals surface area contributed by atoms with Crippen molar-refractivity contribution >= 4 is 28.4 Å². The number of ether oxygens (including phenoxy) is 1. The number of urea groups is 1. The molecule has 0 aromatic carbocycles. The number of methoxy groups -OCH3 is 1. The molecule has 3 aromatic rings. The third kappa shape index (κ3) is 5.12. The van der Waals surface area contributed by atoms with Crippen LogP contribution in [0.5, 0.6) is 0 Å². The number of carbonyl (C=O) groups is 1. The second-order valence-corrected chi connectivity index (χ2v) is 10.2. The van der Waals surface area contributed by atoms with E-state index in [0.717, 1.165) is 23.1 Å². The zero-order valence-electron chi connectivity index (χ0n) is 21.8. The highest BCUT2D eigenvalue weighted by atomic mass is 19.4. The Morgan fingerprint density at radius 1 is 1.18 bits per heavy atom. The third-order valence-corrected chi connectivity index (χ3v) is 7.77. The molecule has 1 saturated heterocycles. The topological polar surface area (TPSA) is 117 Å². The van der Waals surface area contributed by atoms with Gasteiger partial charge in [-0.25, -0.2) is 14.5 Å². The molecule has 2 aliphatic rings. The Morgan fingerprint density at radius 3 is 2.51 bits per heavy atom. The molecule has 3 aromatic heterocycles. The molecule has 0 radical (unpaired) electrons. The van der Waals surface area contributed by atoms with Gasteiger partial charge in [-0.2, -0.15) is 13.2 Å². The molecule has 0 unspecified atom stereocenters. The lowest BCUT2D eigenvalue weighted by Crippen LogP contribution is -2.47. The second-order valence-electron chi connectivity index (χ2n) is 10.2. The maximum atomic E-state index is 13.2. The normalized spacial score (nSPS) is 20.2. The van der Waals surface area contributed by atoms with Gasteiger partial charge in [-0.05, 0) is 37.8 Å². The van der Waals surface area contributed by atoms with Crippen molar-refractivity contribution in [1.82, 2.24) is 24.2 Å². The molecule has 2 N–H and O–H groups in total. The molecule has 1 aliphatic heterocycles. The van der Waals surface area contributed by atoms with Crippen LogP contribution in [0.1, 0.15) is 37.3 Å². The molecule has 1 aliphatic carbocycles. The third-order valence-electron chi connectivity index (χ3n) is 7.77. The van der Waals surface area contributed by atoms with Gasteiger partial charge >= 0.3 is 12.2 Å². The van der Waals surface area contributed by atoms with Crippen LogP contribution in [0, 0.1) is 0 Å². The number of nitrogens with one attached hydrogen (secondary N) is 2. The molecule has 4 heterocycles. The van der Waals surface area contributed by atoms with Crippen LogP contribution in [0.3, 0.4) is 0 Å². The Morgan fingerprint density at radius 2 is 1.87 bits per heavy atom. The summed E-state index contributed by atoms with van der Waals surface area (Å²) in [5.74, 6) is 0. The fourth-order valence-electron chi connectivity index (χ4n) is 5.21. The number of H-pyrrole nitrogens is 1. The van der Waals surface area contributed by atoms with Crippen LogP contribution in [0.2, 0.25) is 0 Å². The Labute approximate surface area is 221 Å². The lowest BCUT2D eigenvalue weighted by atomic mass is 9.89. The number of hydrogen-bond acceptors (Lipinski definition) is 6. The van der Waals surface area contributed by atoms with Gasteiger partial charge in [0.05, 0.1) is 35.0 Å². The lowest BCUT2D eigenvalue weighted by Gasteiger charge is -2.37. The summed E-state index contributed by atoms with van der Waals surface area (Å²) in [6.07, 6.45) is 0.617. The number of rotatable bonds is 5. The number of alkyl halides is 3. The van der Waals surface area contributed by atoms with Crippen LogP contribution < -0.4 is 21.3 Å². The Bertz CT molecular complexity index is 1500. The number of nitrogens with zero attached hydrogens (tertiary/aromatic N) is 5. The molecule has 0 bridgehead atoms. The van der Waals surface area contributed by atoms with E-state index in [0.29, 0.717) is 49.2 Å². The molecule has 5 rings (SSSR count). The molecule has 14 heteroatoms. The smallest absolute Gasteiger partial charge is 0.381 e. The molecule has 39 heavy (non-hydrogen) atoms. The fourth-order valence-corrected chi connectivity index (χ4v) is 5.21. The maximum Gasteiger partial charge on any atom is 0.417 e. The Hall–Kier alpha value is -3.81. The number of aryl methyl sites for hydroxylation is 1. The number of aromatic nitrogens is 4. The van der Waals surface area contributed by atoms with Crippen LogP contribution in [-0.2, 0) is 18.0 Å². The van der Waals surface area contributed by atoms with E-state index in [1.54, 1.807) is 25.0 Å². The zero-order valence-corrected chi connectivity index (χ0v) is 21.8. The van der Waals surface area contributed by atoms with E-state index >= 15 is 0 Å². The average Bonchev–Trinajstić information content (AvgIpc) is 3.20. The molecular weight excluding hydrogens is 519 g/mol. The molecule has 2 fully saturated rings. The number of fused-ring (bicyclic) bond motifs is 1. The van der Waals surface area contributed by atoms with Crippen molar-refractivity contribution in [3.63, 3.8) is 0 Å². The summed E-state index contributed by atoms with van der Waals surface area (Å²) in [6.45, 7) is 1.16. The van der Waals surface area contributed by atoms with Crippen LogP contribution in [-0.4, -0.2) is 69.7 Å².